The van der Waals surface area contributed by atoms with Crippen LogP contribution in [0.1, 0.15) is 68.0 Å². The van der Waals surface area contributed by atoms with Gasteiger partial charge in [0.15, 0.2) is 11.5 Å². The van der Waals surface area contributed by atoms with Crippen molar-refractivity contribution in [3.8, 4) is 0 Å². The monoisotopic (exact) mass is 978 g/mol. The maximum absolute atomic E-state index is 13.4. The highest BCUT2D eigenvalue weighted by atomic mass is 32.2. The van der Waals surface area contributed by atoms with Gasteiger partial charge in [0, 0.05) is 93.6 Å². The summed E-state index contributed by atoms with van der Waals surface area (Å²) >= 11 is 3.71. The number of nitrogens with zero attached hydrogens (tertiary/aromatic N) is 8. The van der Waals surface area contributed by atoms with E-state index in [4.69, 9.17) is 0 Å². The Bertz CT molecular complexity index is 2460. The molecule has 8 rings (SSSR count). The number of carbonyl (C=O) groups excluding carboxylic acids is 2. The normalized spacial score (nSPS) is 27.2. The number of carbonyl (C=O) groups is 2. The van der Waals surface area contributed by atoms with E-state index in [0.717, 1.165) is 25.6 Å². The molecule has 4 aromatic rings. The molecule has 0 saturated carbocycles. The van der Waals surface area contributed by atoms with Crippen molar-refractivity contribution in [1.82, 2.24) is 30.2 Å². The van der Waals surface area contributed by atoms with Crippen LogP contribution in [0, 0.1) is 25.7 Å². The number of anilines is 2. The van der Waals surface area contributed by atoms with Crippen molar-refractivity contribution in [2.75, 3.05) is 72.1 Å². The van der Waals surface area contributed by atoms with Gasteiger partial charge in [-0.1, -0.05) is 11.3 Å². The second-order valence-corrected chi connectivity index (χ2v) is 25.4. The summed E-state index contributed by atoms with van der Waals surface area (Å²) in [5, 5.41) is 13.4. The predicted molar refractivity (Wildman–Crippen MR) is 239 cm³/mol. The topological polar surface area (TPSA) is 133 Å². The van der Waals surface area contributed by atoms with Crippen LogP contribution in [0.15, 0.2) is 36.4 Å². The van der Waals surface area contributed by atoms with Crippen LogP contribution < -0.4 is 9.80 Å². The molecule has 23 heteroatoms. The molecule has 0 aliphatic carbocycles. The maximum atomic E-state index is 13.4. The minimum atomic E-state index is -4.54. The molecule has 0 spiro atoms. The van der Waals surface area contributed by atoms with Crippen molar-refractivity contribution in [3.63, 3.8) is 0 Å². The van der Waals surface area contributed by atoms with Gasteiger partial charge in [0.25, 0.3) is 0 Å². The Balaban J connectivity index is 0.000000189. The Morgan fingerprint density at radius 1 is 0.619 bits per heavy atom. The smallest absolute Gasteiger partial charge is 0.351 e. The fraction of sp³-hybridized carbons (Fsp3) is 0.550. The van der Waals surface area contributed by atoms with Gasteiger partial charge in [-0.25, -0.2) is 0 Å². The van der Waals surface area contributed by atoms with Crippen molar-refractivity contribution < 1.29 is 44.3 Å². The van der Waals surface area contributed by atoms with E-state index in [1.54, 1.807) is 27.6 Å². The number of halogens is 6. The molecule has 4 aliphatic heterocycles. The van der Waals surface area contributed by atoms with Gasteiger partial charge >= 0.3 is 12.4 Å². The number of aromatic nitrogens is 4. The van der Waals surface area contributed by atoms with E-state index >= 15 is 0 Å². The van der Waals surface area contributed by atoms with E-state index in [1.165, 1.54) is 6.07 Å². The Morgan fingerprint density at radius 2 is 1.10 bits per heavy atom. The highest BCUT2D eigenvalue weighted by Crippen LogP contribution is 2.39. The van der Waals surface area contributed by atoms with E-state index in [9.17, 15) is 44.3 Å². The molecule has 4 saturated heterocycles. The number of rotatable bonds is 6. The molecule has 4 aromatic heterocycles. The Morgan fingerprint density at radius 3 is 1.49 bits per heavy atom. The summed E-state index contributed by atoms with van der Waals surface area (Å²) in [5.41, 5.74) is -1.03. The average Bonchev–Trinajstić information content (AvgIpc) is 4.02. The third-order valence-electron chi connectivity index (χ3n) is 11.8. The van der Waals surface area contributed by atoms with Crippen molar-refractivity contribution >= 4 is 87.6 Å². The number of aryl methyl sites for hydroxylation is 2. The van der Waals surface area contributed by atoms with Gasteiger partial charge < -0.3 is 19.6 Å². The predicted octanol–water partition coefficient (Wildman–Crippen LogP) is 6.82. The Kier molecular flexibility index (Phi) is 13.9. The van der Waals surface area contributed by atoms with Crippen LogP contribution >= 0.6 is 34.0 Å². The maximum Gasteiger partial charge on any atom is 0.445 e. The number of thiophene rings is 2. The molecule has 8 heterocycles. The molecule has 344 valence electrons. The first-order chi connectivity index (χ1) is 29.6. The first kappa shape index (κ1) is 47.2. The van der Waals surface area contributed by atoms with Crippen LogP contribution in [0.3, 0.4) is 0 Å². The molecule has 12 nitrogen and oxygen atoms in total. The molecule has 2 atom stereocenters. The highest BCUT2D eigenvalue weighted by Gasteiger charge is 2.41. The molecular formula is C40H48F6N8O4S5. The van der Waals surface area contributed by atoms with Crippen LogP contribution in [0.2, 0.25) is 0 Å². The number of piperazine rings is 2. The summed E-state index contributed by atoms with van der Waals surface area (Å²) in [6, 6.07) is 9.70. The quantitative estimate of drug-likeness (QED) is 0.150. The van der Waals surface area contributed by atoms with E-state index < -0.39 is 42.1 Å². The SMILES string of the molecule is C=S1(=O)CCC(C(=O)N2CCN(c3ccc(C(F)(F)F)nn3)CC2c2ccc(C)s2)CC1.C=S1(=O)CCC(C(=O)N2CCN(c3nnc(C(F)(F)F)s3)CC2c2ccc(C)s2)CC1. The lowest BCUT2D eigenvalue weighted by atomic mass is 9.98. The number of amides is 2. The van der Waals surface area contributed by atoms with Crippen LogP contribution in [0.4, 0.5) is 37.3 Å². The lowest BCUT2D eigenvalue weighted by Crippen LogP contribution is -2.53. The van der Waals surface area contributed by atoms with Gasteiger partial charge in [0.05, 0.1) is 12.1 Å². The molecule has 63 heavy (non-hydrogen) atoms. The number of hydrogen-bond donors (Lipinski definition) is 0. The van der Waals surface area contributed by atoms with Crippen molar-refractivity contribution in [2.24, 2.45) is 11.8 Å². The number of alkyl halides is 6. The third-order valence-corrected chi connectivity index (χ3v) is 18.9. The first-order valence-corrected chi connectivity index (χ1v) is 26.9. The molecule has 0 bridgehead atoms. The lowest BCUT2D eigenvalue weighted by Gasteiger charge is -2.43. The summed E-state index contributed by atoms with van der Waals surface area (Å²) in [7, 11) is -4.15. The van der Waals surface area contributed by atoms with E-state index in [-0.39, 0.29) is 40.9 Å². The van der Waals surface area contributed by atoms with Gasteiger partial charge in [-0.2, -0.15) is 26.3 Å². The van der Waals surface area contributed by atoms with Gasteiger partial charge in [-0.3, -0.25) is 18.0 Å². The first-order valence-electron chi connectivity index (χ1n) is 20.3. The van der Waals surface area contributed by atoms with E-state index in [2.05, 4.69) is 32.1 Å². The zero-order valence-electron chi connectivity index (χ0n) is 34.6. The zero-order valence-corrected chi connectivity index (χ0v) is 38.7. The molecule has 0 aromatic carbocycles. The minimum absolute atomic E-state index is 0.0267. The van der Waals surface area contributed by atoms with Crippen molar-refractivity contribution in [3.05, 3.63) is 66.6 Å². The third kappa shape index (κ3) is 11.4. The standard InChI is InChI=1S/C21H25F3N4O2S2.C19H23F3N4O2S3/c1-14-3-4-17(31-14)16-13-27(19-6-5-18(25-26-19)21(22,23)24)9-10-28(16)20(29)15-7-11-32(2,30)12-8-15;1-12-3-4-15(29-12)14-11-25(18-24-23-17(30-18)19(20,21)22)7-8-26(14)16(27)13-5-9-31(2,28)10-6-13/h3-6,15-16H,2,7-13H2,1H3;3-4,13-14H,2,5-11H2,1H3. The summed E-state index contributed by atoms with van der Waals surface area (Å²) in [5.74, 6) is 9.46. The molecule has 0 N–H and O–H groups in total. The van der Waals surface area contributed by atoms with Gasteiger partial charge in [-0.05, 0) is 107 Å². The second kappa shape index (κ2) is 18.6. The molecular weight excluding hydrogens is 931 g/mol. The largest absolute Gasteiger partial charge is 0.445 e. The highest BCUT2D eigenvalue weighted by molar-refractivity contribution is 8.00. The molecule has 4 fully saturated rings. The summed E-state index contributed by atoms with van der Waals surface area (Å²) in [6.45, 7) is 6.41. The Hall–Kier alpha value is -3.80. The van der Waals surface area contributed by atoms with Gasteiger partial charge in [0.1, 0.15) is 0 Å². The molecule has 2 unspecified atom stereocenters. The summed E-state index contributed by atoms with van der Waals surface area (Å²) in [6.07, 6.45) is -6.80. The average molecular weight is 979 g/mol. The van der Waals surface area contributed by atoms with Crippen LogP contribution in [0.5, 0.6) is 0 Å². The lowest BCUT2D eigenvalue weighted by molar-refractivity contribution is -0.142. The van der Waals surface area contributed by atoms with E-state index in [1.807, 2.05) is 52.8 Å². The van der Waals surface area contributed by atoms with Crippen LogP contribution in [0.25, 0.3) is 0 Å². The summed E-state index contributed by atoms with van der Waals surface area (Å²) in [4.78, 5) is 38.4. The van der Waals surface area contributed by atoms with Crippen LogP contribution in [-0.2, 0) is 41.0 Å². The molecule has 0 radical (unpaired) electrons. The van der Waals surface area contributed by atoms with Crippen molar-refractivity contribution in [1.29, 1.82) is 0 Å². The Labute approximate surface area is 374 Å². The molecule has 4 aliphatic rings. The summed E-state index contributed by atoms with van der Waals surface area (Å²) < 4.78 is 102. The van der Waals surface area contributed by atoms with Gasteiger partial charge in [-0.15, -0.1) is 43.1 Å². The van der Waals surface area contributed by atoms with Crippen LogP contribution in [-0.4, -0.2) is 124 Å². The van der Waals surface area contributed by atoms with Crippen molar-refractivity contribution in [2.45, 2.75) is 64.0 Å². The zero-order chi connectivity index (χ0) is 45.5. The fourth-order valence-corrected chi connectivity index (χ4v) is 14.2. The second-order valence-electron chi connectivity index (χ2n) is 16.3. The van der Waals surface area contributed by atoms with E-state index in [0.29, 0.717) is 105 Å². The number of hydrogen-bond acceptors (Lipinski definition) is 13. The fourth-order valence-electron chi connectivity index (χ4n) is 8.21. The molecule has 2 amide bonds. The van der Waals surface area contributed by atoms with Gasteiger partial charge in [0.2, 0.25) is 22.0 Å². The minimum Gasteiger partial charge on any atom is -0.351 e.